The molecule has 0 spiro atoms. The first-order valence-electron chi connectivity index (χ1n) is 7.34. The van der Waals surface area contributed by atoms with Gasteiger partial charge in [-0.2, -0.15) is 0 Å². The smallest absolute Gasteiger partial charge is 0.305 e. The van der Waals surface area contributed by atoms with Crippen LogP contribution in [0.2, 0.25) is 0 Å². The maximum atomic E-state index is 11.8. The van der Waals surface area contributed by atoms with E-state index in [1.807, 2.05) is 31.2 Å². The molecule has 0 radical (unpaired) electrons. The lowest BCUT2D eigenvalue weighted by atomic mass is 10.1. The third-order valence-electron chi connectivity index (χ3n) is 3.22. The SMILES string of the molecule is CCCC(CC(=O)O)NC(=O)/C=C/c1ccc(CC)cc1. The van der Waals surface area contributed by atoms with E-state index >= 15 is 0 Å². The molecule has 0 bridgehead atoms. The molecule has 0 aliphatic rings. The number of carbonyl (C=O) groups is 2. The quantitative estimate of drug-likeness (QED) is 0.723. The fourth-order valence-corrected chi connectivity index (χ4v) is 2.07. The van der Waals surface area contributed by atoms with Gasteiger partial charge in [-0.1, -0.05) is 44.5 Å². The average molecular weight is 289 g/mol. The van der Waals surface area contributed by atoms with Crippen LogP contribution >= 0.6 is 0 Å². The number of aliphatic carboxylic acids is 1. The molecular formula is C17H23NO3. The summed E-state index contributed by atoms with van der Waals surface area (Å²) < 4.78 is 0. The highest BCUT2D eigenvalue weighted by Gasteiger charge is 2.13. The summed E-state index contributed by atoms with van der Waals surface area (Å²) in [5.41, 5.74) is 2.20. The van der Waals surface area contributed by atoms with Gasteiger partial charge in [0.1, 0.15) is 0 Å². The molecule has 0 aliphatic heterocycles. The van der Waals surface area contributed by atoms with E-state index in [4.69, 9.17) is 5.11 Å². The second kappa shape index (κ2) is 8.95. The van der Waals surface area contributed by atoms with Crippen molar-refractivity contribution in [3.05, 3.63) is 41.5 Å². The van der Waals surface area contributed by atoms with Gasteiger partial charge in [0.15, 0.2) is 0 Å². The molecule has 4 heteroatoms. The number of aryl methyl sites for hydroxylation is 1. The van der Waals surface area contributed by atoms with Gasteiger partial charge >= 0.3 is 5.97 Å². The van der Waals surface area contributed by atoms with E-state index in [2.05, 4.69) is 12.2 Å². The second-order valence-electron chi connectivity index (χ2n) is 5.02. The van der Waals surface area contributed by atoms with Crippen LogP contribution in [0.3, 0.4) is 0 Å². The molecule has 0 aliphatic carbocycles. The molecule has 0 saturated carbocycles. The van der Waals surface area contributed by atoms with Crippen LogP contribution in [0.5, 0.6) is 0 Å². The highest BCUT2D eigenvalue weighted by molar-refractivity contribution is 5.92. The summed E-state index contributed by atoms with van der Waals surface area (Å²) in [4.78, 5) is 22.6. The topological polar surface area (TPSA) is 66.4 Å². The molecule has 0 saturated heterocycles. The molecule has 1 aromatic carbocycles. The van der Waals surface area contributed by atoms with Crippen molar-refractivity contribution in [1.29, 1.82) is 0 Å². The van der Waals surface area contributed by atoms with Gasteiger partial charge in [0.2, 0.25) is 5.91 Å². The number of carboxylic acid groups (broad SMARTS) is 1. The van der Waals surface area contributed by atoms with E-state index in [1.165, 1.54) is 11.6 Å². The van der Waals surface area contributed by atoms with Crippen molar-refractivity contribution in [3.8, 4) is 0 Å². The zero-order chi connectivity index (χ0) is 15.7. The Morgan fingerprint density at radius 2 is 1.90 bits per heavy atom. The summed E-state index contributed by atoms with van der Waals surface area (Å²) in [6.07, 6.45) is 5.62. The van der Waals surface area contributed by atoms with Crippen molar-refractivity contribution in [2.75, 3.05) is 0 Å². The van der Waals surface area contributed by atoms with Crippen LogP contribution in [0.25, 0.3) is 6.08 Å². The number of hydrogen-bond acceptors (Lipinski definition) is 2. The summed E-state index contributed by atoms with van der Waals surface area (Å²) in [5.74, 6) is -1.15. The molecular weight excluding hydrogens is 266 g/mol. The predicted octanol–water partition coefficient (Wildman–Crippen LogP) is 3.02. The number of carbonyl (C=O) groups excluding carboxylic acids is 1. The van der Waals surface area contributed by atoms with E-state index in [0.717, 1.165) is 18.4 Å². The standard InChI is InChI=1S/C17H23NO3/c1-3-5-15(12-17(20)21)18-16(19)11-10-14-8-6-13(4-2)7-9-14/h6-11,15H,3-5,12H2,1-2H3,(H,18,19)(H,20,21)/b11-10+. The van der Waals surface area contributed by atoms with Crippen LogP contribution in [-0.2, 0) is 16.0 Å². The first-order valence-corrected chi connectivity index (χ1v) is 7.34. The predicted molar refractivity (Wildman–Crippen MR) is 83.9 cm³/mol. The summed E-state index contributed by atoms with van der Waals surface area (Å²) in [5, 5.41) is 11.5. The molecule has 1 aromatic rings. The number of rotatable bonds is 8. The van der Waals surface area contributed by atoms with E-state index in [9.17, 15) is 9.59 Å². The number of benzene rings is 1. The van der Waals surface area contributed by atoms with E-state index in [1.54, 1.807) is 6.08 Å². The normalized spacial score (nSPS) is 12.3. The summed E-state index contributed by atoms with van der Waals surface area (Å²) in [6, 6.07) is 7.67. The van der Waals surface area contributed by atoms with Crippen molar-refractivity contribution in [2.24, 2.45) is 0 Å². The monoisotopic (exact) mass is 289 g/mol. The van der Waals surface area contributed by atoms with E-state index in [0.29, 0.717) is 6.42 Å². The summed E-state index contributed by atoms with van der Waals surface area (Å²) in [7, 11) is 0. The van der Waals surface area contributed by atoms with Crippen LogP contribution in [0.15, 0.2) is 30.3 Å². The van der Waals surface area contributed by atoms with Gasteiger partial charge in [0.25, 0.3) is 0 Å². The van der Waals surface area contributed by atoms with Gasteiger partial charge in [-0.25, -0.2) is 0 Å². The van der Waals surface area contributed by atoms with Gasteiger partial charge < -0.3 is 10.4 Å². The van der Waals surface area contributed by atoms with Crippen molar-refractivity contribution >= 4 is 18.0 Å². The second-order valence-corrected chi connectivity index (χ2v) is 5.02. The minimum Gasteiger partial charge on any atom is -0.481 e. The van der Waals surface area contributed by atoms with Gasteiger partial charge in [-0.05, 0) is 30.0 Å². The molecule has 4 nitrogen and oxygen atoms in total. The lowest BCUT2D eigenvalue weighted by Gasteiger charge is -2.14. The minimum absolute atomic E-state index is 0.0430. The van der Waals surface area contributed by atoms with Crippen LogP contribution in [0, 0.1) is 0 Å². The third kappa shape index (κ3) is 6.75. The van der Waals surface area contributed by atoms with Crippen LogP contribution in [-0.4, -0.2) is 23.0 Å². The Hall–Kier alpha value is -2.10. The first kappa shape index (κ1) is 17.0. The van der Waals surface area contributed by atoms with Crippen LogP contribution < -0.4 is 5.32 Å². The van der Waals surface area contributed by atoms with Gasteiger partial charge in [-0.15, -0.1) is 0 Å². The highest BCUT2D eigenvalue weighted by Crippen LogP contribution is 2.07. The van der Waals surface area contributed by atoms with Gasteiger partial charge in [0.05, 0.1) is 6.42 Å². The maximum Gasteiger partial charge on any atom is 0.305 e. The Bertz CT molecular complexity index is 491. The maximum absolute atomic E-state index is 11.8. The molecule has 114 valence electrons. The number of nitrogens with one attached hydrogen (secondary N) is 1. The van der Waals surface area contributed by atoms with E-state index < -0.39 is 5.97 Å². The fourth-order valence-electron chi connectivity index (χ4n) is 2.07. The van der Waals surface area contributed by atoms with Gasteiger partial charge in [-0.3, -0.25) is 9.59 Å². The number of hydrogen-bond donors (Lipinski definition) is 2. The molecule has 0 aromatic heterocycles. The van der Waals surface area contributed by atoms with Gasteiger partial charge in [0, 0.05) is 12.1 Å². The molecule has 0 heterocycles. The molecule has 1 unspecified atom stereocenters. The molecule has 1 atom stereocenters. The molecule has 21 heavy (non-hydrogen) atoms. The fraction of sp³-hybridized carbons (Fsp3) is 0.412. The first-order chi connectivity index (χ1) is 10.0. The molecule has 1 amide bonds. The largest absolute Gasteiger partial charge is 0.481 e. The van der Waals surface area contributed by atoms with Crippen molar-refractivity contribution in [2.45, 2.75) is 45.6 Å². The Labute approximate surface area is 125 Å². The minimum atomic E-state index is -0.895. The molecule has 2 N–H and O–H groups in total. The highest BCUT2D eigenvalue weighted by atomic mass is 16.4. The Morgan fingerprint density at radius 1 is 1.24 bits per heavy atom. The zero-order valence-electron chi connectivity index (χ0n) is 12.6. The lowest BCUT2D eigenvalue weighted by molar-refractivity contribution is -0.137. The average Bonchev–Trinajstić information content (AvgIpc) is 2.45. The van der Waals surface area contributed by atoms with E-state index in [-0.39, 0.29) is 18.4 Å². The van der Waals surface area contributed by atoms with Crippen molar-refractivity contribution in [3.63, 3.8) is 0 Å². The number of amides is 1. The zero-order valence-corrected chi connectivity index (χ0v) is 12.6. The van der Waals surface area contributed by atoms with Crippen LogP contribution in [0.1, 0.15) is 44.2 Å². The number of carboxylic acids is 1. The lowest BCUT2D eigenvalue weighted by Crippen LogP contribution is -2.35. The Kier molecular flexibility index (Phi) is 7.23. The molecule has 0 fully saturated rings. The van der Waals surface area contributed by atoms with Crippen molar-refractivity contribution < 1.29 is 14.7 Å². The Morgan fingerprint density at radius 3 is 2.43 bits per heavy atom. The van der Waals surface area contributed by atoms with Crippen LogP contribution in [0.4, 0.5) is 0 Å². The van der Waals surface area contributed by atoms with Crippen molar-refractivity contribution in [1.82, 2.24) is 5.32 Å². The summed E-state index contributed by atoms with van der Waals surface area (Å²) >= 11 is 0. The third-order valence-corrected chi connectivity index (χ3v) is 3.22. The summed E-state index contributed by atoms with van der Waals surface area (Å²) in [6.45, 7) is 4.06. The molecule has 1 rings (SSSR count). The Balaban J connectivity index is 2.57.